The van der Waals surface area contributed by atoms with Crippen LogP contribution in [0.1, 0.15) is 0 Å². The summed E-state index contributed by atoms with van der Waals surface area (Å²) in [5.74, 6) is 0. The van der Waals surface area contributed by atoms with Gasteiger partial charge in [-0.2, -0.15) is 10.7 Å². The number of nitrogens with zero attached hydrogens (tertiary/aromatic N) is 2. The number of hydrogen-bond donors (Lipinski definition) is 2. The Kier molecular flexibility index (Phi) is 1.25. The predicted octanol–water partition coefficient (Wildman–Crippen LogP) is -1.22. The topological polar surface area (TPSA) is 30.5 Å². The zero-order valence-electron chi connectivity index (χ0n) is 4.39. The fourth-order valence-electron chi connectivity index (χ4n) is 0.425. The van der Waals surface area contributed by atoms with Crippen LogP contribution >= 0.6 is 0 Å². The number of nitrogens with one attached hydrogen (secondary N) is 2. The van der Waals surface area contributed by atoms with E-state index in [-0.39, 0.29) is 0 Å². The van der Waals surface area contributed by atoms with Gasteiger partial charge in [-0.1, -0.05) is 0 Å². The zero-order valence-corrected chi connectivity index (χ0v) is 4.39. The quantitative estimate of drug-likeness (QED) is 0.399. The summed E-state index contributed by atoms with van der Waals surface area (Å²) in [7, 11) is 3.72. The van der Waals surface area contributed by atoms with E-state index in [1.54, 1.807) is 10.1 Å². The SMILES string of the molecule is CN1[C]NN(C)N1. The van der Waals surface area contributed by atoms with Crippen LogP contribution in [-0.4, -0.2) is 24.2 Å². The highest BCUT2D eigenvalue weighted by molar-refractivity contribution is 4.57. The lowest BCUT2D eigenvalue weighted by molar-refractivity contribution is 0.153. The third kappa shape index (κ3) is 1.10. The van der Waals surface area contributed by atoms with Crippen molar-refractivity contribution in [3.8, 4) is 0 Å². The van der Waals surface area contributed by atoms with Crippen molar-refractivity contribution >= 4 is 0 Å². The maximum absolute atomic E-state index is 2.86. The highest BCUT2D eigenvalue weighted by Crippen LogP contribution is 1.86. The first-order valence-electron chi connectivity index (χ1n) is 2.04. The molecule has 1 heterocycles. The minimum Gasteiger partial charge on any atom is -0.213 e. The molecule has 1 rings (SSSR count). The minimum atomic E-state index is 1.69. The Hall–Kier alpha value is -0.160. The van der Waals surface area contributed by atoms with Crippen molar-refractivity contribution in [3.05, 3.63) is 6.67 Å². The third-order valence-corrected chi connectivity index (χ3v) is 0.685. The Morgan fingerprint density at radius 3 is 2.29 bits per heavy atom. The molecule has 1 aliphatic rings. The van der Waals surface area contributed by atoms with Gasteiger partial charge in [-0.3, -0.25) is 0 Å². The summed E-state index contributed by atoms with van der Waals surface area (Å²) in [6, 6.07) is 0. The second-order valence-electron chi connectivity index (χ2n) is 1.44. The standard InChI is InChI=1S/C3H8N4/c1-6-3-4-7(2)5-6/h4-5H,1-2H3. The molecule has 0 unspecified atom stereocenters. The number of hydrazine groups is 3. The maximum atomic E-state index is 2.86. The minimum absolute atomic E-state index is 1.69. The molecule has 7 heavy (non-hydrogen) atoms. The van der Waals surface area contributed by atoms with E-state index < -0.39 is 0 Å². The van der Waals surface area contributed by atoms with Gasteiger partial charge >= 0.3 is 0 Å². The largest absolute Gasteiger partial charge is 0.213 e. The molecule has 0 aromatic rings. The summed E-state index contributed by atoms with van der Waals surface area (Å²) in [4.78, 5) is 0. The van der Waals surface area contributed by atoms with Crippen LogP contribution in [-0.2, 0) is 0 Å². The molecule has 40 valence electrons. The van der Waals surface area contributed by atoms with E-state index in [0.29, 0.717) is 0 Å². The summed E-state index contributed by atoms with van der Waals surface area (Å²) in [5.41, 5.74) is 5.63. The van der Waals surface area contributed by atoms with E-state index in [1.165, 1.54) is 0 Å². The van der Waals surface area contributed by atoms with Gasteiger partial charge in [-0.05, 0) is 0 Å². The Bertz CT molecular complexity index is 56.0. The highest BCUT2D eigenvalue weighted by Gasteiger charge is 2.09. The average molecular weight is 100 g/mol. The molecule has 1 aliphatic heterocycles. The molecule has 0 bridgehead atoms. The van der Waals surface area contributed by atoms with Crippen LogP contribution < -0.4 is 11.0 Å². The van der Waals surface area contributed by atoms with Gasteiger partial charge < -0.3 is 0 Å². The molecule has 0 amide bonds. The lowest BCUT2D eigenvalue weighted by atomic mass is 11.0. The molecule has 4 heteroatoms. The van der Waals surface area contributed by atoms with Crippen molar-refractivity contribution in [2.45, 2.75) is 0 Å². The maximum Gasteiger partial charge on any atom is 0.175 e. The average Bonchev–Trinajstić information content (AvgIpc) is 1.87. The molecular formula is C3H8N4. The second-order valence-corrected chi connectivity index (χ2v) is 1.44. The van der Waals surface area contributed by atoms with Crippen LogP contribution in [0.2, 0.25) is 0 Å². The fraction of sp³-hybridized carbons (Fsp3) is 0.667. The third-order valence-electron chi connectivity index (χ3n) is 0.685. The normalized spacial score (nSPS) is 26.6. The van der Waals surface area contributed by atoms with Gasteiger partial charge in [0.05, 0.1) is 0 Å². The van der Waals surface area contributed by atoms with Crippen molar-refractivity contribution in [1.29, 1.82) is 0 Å². The van der Waals surface area contributed by atoms with Gasteiger partial charge in [0.15, 0.2) is 6.67 Å². The zero-order chi connectivity index (χ0) is 5.28. The Labute approximate surface area is 43.0 Å². The lowest BCUT2D eigenvalue weighted by Gasteiger charge is -2.06. The first-order valence-corrected chi connectivity index (χ1v) is 2.04. The molecule has 0 saturated carbocycles. The monoisotopic (exact) mass is 100 g/mol. The smallest absolute Gasteiger partial charge is 0.175 e. The first-order chi connectivity index (χ1) is 3.29. The van der Waals surface area contributed by atoms with Gasteiger partial charge in [-0.15, -0.1) is 0 Å². The van der Waals surface area contributed by atoms with E-state index in [2.05, 4.69) is 17.6 Å². The van der Waals surface area contributed by atoms with Gasteiger partial charge in [0.25, 0.3) is 0 Å². The van der Waals surface area contributed by atoms with Crippen LogP contribution in [0, 0.1) is 6.67 Å². The predicted molar refractivity (Wildman–Crippen MR) is 25.0 cm³/mol. The van der Waals surface area contributed by atoms with E-state index in [0.717, 1.165) is 0 Å². The molecule has 2 radical (unpaired) electrons. The highest BCUT2D eigenvalue weighted by atomic mass is 15.9. The van der Waals surface area contributed by atoms with Crippen LogP contribution in [0.3, 0.4) is 0 Å². The second kappa shape index (κ2) is 1.75. The summed E-state index contributed by atoms with van der Waals surface area (Å²) in [6.07, 6.45) is 0. The number of hydrogen-bond acceptors (Lipinski definition) is 4. The van der Waals surface area contributed by atoms with Crippen molar-refractivity contribution < 1.29 is 0 Å². The Morgan fingerprint density at radius 1 is 1.43 bits per heavy atom. The molecule has 1 saturated heterocycles. The van der Waals surface area contributed by atoms with Crippen molar-refractivity contribution in [2.24, 2.45) is 0 Å². The molecule has 0 aliphatic carbocycles. The van der Waals surface area contributed by atoms with Crippen LogP contribution in [0.4, 0.5) is 0 Å². The van der Waals surface area contributed by atoms with Crippen molar-refractivity contribution in [1.82, 2.24) is 21.1 Å². The van der Waals surface area contributed by atoms with E-state index in [9.17, 15) is 0 Å². The van der Waals surface area contributed by atoms with Crippen LogP contribution in [0.25, 0.3) is 0 Å². The van der Waals surface area contributed by atoms with Crippen molar-refractivity contribution in [3.63, 3.8) is 0 Å². The van der Waals surface area contributed by atoms with Gasteiger partial charge in [0, 0.05) is 14.1 Å². The number of rotatable bonds is 0. The van der Waals surface area contributed by atoms with Gasteiger partial charge in [0.1, 0.15) is 0 Å². The van der Waals surface area contributed by atoms with Gasteiger partial charge in [-0.25, -0.2) is 10.4 Å². The van der Waals surface area contributed by atoms with E-state index >= 15 is 0 Å². The summed E-state index contributed by atoms with van der Waals surface area (Å²) in [6.45, 7) is 2.77. The molecule has 4 nitrogen and oxygen atoms in total. The van der Waals surface area contributed by atoms with Crippen molar-refractivity contribution in [2.75, 3.05) is 14.1 Å². The molecule has 0 atom stereocenters. The lowest BCUT2D eigenvalue weighted by Crippen LogP contribution is -2.36. The van der Waals surface area contributed by atoms with E-state index in [4.69, 9.17) is 0 Å². The summed E-state index contributed by atoms with van der Waals surface area (Å²) in [5, 5.41) is 3.39. The molecule has 0 aromatic carbocycles. The fourth-order valence-corrected chi connectivity index (χ4v) is 0.425. The Morgan fingerprint density at radius 2 is 2.14 bits per heavy atom. The molecule has 0 aromatic heterocycles. The van der Waals surface area contributed by atoms with Gasteiger partial charge in [0.2, 0.25) is 0 Å². The molecule has 0 spiro atoms. The Balaban J connectivity index is 2.26. The molecule has 2 N–H and O–H groups in total. The summed E-state index contributed by atoms with van der Waals surface area (Å²) >= 11 is 0. The van der Waals surface area contributed by atoms with E-state index in [1.807, 2.05) is 14.1 Å². The van der Waals surface area contributed by atoms with Crippen LogP contribution in [0.5, 0.6) is 0 Å². The first kappa shape index (κ1) is 4.99. The summed E-state index contributed by atoms with van der Waals surface area (Å²) < 4.78 is 0. The van der Waals surface area contributed by atoms with Crippen LogP contribution in [0.15, 0.2) is 0 Å². The molecular weight excluding hydrogens is 92.1 g/mol. The molecule has 1 fully saturated rings.